The van der Waals surface area contributed by atoms with Gasteiger partial charge < -0.3 is 20.8 Å². The summed E-state index contributed by atoms with van der Waals surface area (Å²) in [5, 5.41) is 0. The Morgan fingerprint density at radius 2 is 1.65 bits per heavy atom. The van der Waals surface area contributed by atoms with E-state index in [-0.39, 0.29) is 11.2 Å². The van der Waals surface area contributed by atoms with Crippen LogP contribution in [0.3, 0.4) is 0 Å². The normalized spacial score (nSPS) is 21.8. The Hall–Kier alpha value is -1.27. The average Bonchev–Trinajstić information content (AvgIpc) is 2.35. The molecule has 6 heteroatoms. The van der Waals surface area contributed by atoms with Crippen LogP contribution < -0.4 is 16.9 Å². The van der Waals surface area contributed by atoms with E-state index in [2.05, 4.69) is 4.98 Å². The SMILES string of the molecule is CC1(C)OB(c2cnc(N)cc2N)OC1(C)C. The highest BCUT2D eigenvalue weighted by molar-refractivity contribution is 6.63. The number of nitrogen functional groups attached to an aromatic ring is 2. The van der Waals surface area contributed by atoms with Crippen LogP contribution in [0.1, 0.15) is 27.7 Å². The van der Waals surface area contributed by atoms with Gasteiger partial charge in [0, 0.05) is 23.4 Å². The monoisotopic (exact) mass is 235 g/mol. The molecule has 1 aliphatic rings. The summed E-state index contributed by atoms with van der Waals surface area (Å²) >= 11 is 0. The van der Waals surface area contributed by atoms with E-state index in [1.165, 1.54) is 0 Å². The first-order valence-electron chi connectivity index (χ1n) is 5.59. The number of hydrogen-bond acceptors (Lipinski definition) is 5. The van der Waals surface area contributed by atoms with Gasteiger partial charge in [-0.15, -0.1) is 0 Å². The third-order valence-corrected chi connectivity index (χ3v) is 3.50. The van der Waals surface area contributed by atoms with Gasteiger partial charge in [0.1, 0.15) is 5.82 Å². The molecule has 0 saturated carbocycles. The molecule has 1 fully saturated rings. The molecule has 4 N–H and O–H groups in total. The summed E-state index contributed by atoms with van der Waals surface area (Å²) in [6.07, 6.45) is 1.60. The van der Waals surface area contributed by atoms with Crippen LogP contribution in [0.5, 0.6) is 0 Å². The standard InChI is InChI=1S/C11H18BN3O2/c1-10(2)11(3,4)17-12(16-10)7-6-15-9(14)5-8(7)13/h5-6H,1-4H3,(H4,13,14,15). The van der Waals surface area contributed by atoms with E-state index in [1.807, 2.05) is 27.7 Å². The molecule has 17 heavy (non-hydrogen) atoms. The van der Waals surface area contributed by atoms with Gasteiger partial charge in [0.15, 0.2) is 0 Å². The Morgan fingerprint density at radius 1 is 1.12 bits per heavy atom. The van der Waals surface area contributed by atoms with Crippen LogP contribution in [0.15, 0.2) is 12.3 Å². The van der Waals surface area contributed by atoms with Crippen molar-refractivity contribution >= 4 is 24.1 Å². The van der Waals surface area contributed by atoms with E-state index in [1.54, 1.807) is 12.3 Å². The van der Waals surface area contributed by atoms with Crippen LogP contribution in [0.2, 0.25) is 0 Å². The average molecular weight is 235 g/mol. The van der Waals surface area contributed by atoms with Gasteiger partial charge in [-0.05, 0) is 27.7 Å². The molecule has 2 heterocycles. The van der Waals surface area contributed by atoms with Crippen molar-refractivity contribution in [2.24, 2.45) is 0 Å². The lowest BCUT2D eigenvalue weighted by atomic mass is 9.79. The van der Waals surface area contributed by atoms with Crippen LogP contribution in [-0.4, -0.2) is 23.3 Å². The minimum Gasteiger partial charge on any atom is -0.399 e. The van der Waals surface area contributed by atoms with Crippen molar-refractivity contribution in [3.63, 3.8) is 0 Å². The van der Waals surface area contributed by atoms with E-state index in [4.69, 9.17) is 20.8 Å². The zero-order valence-corrected chi connectivity index (χ0v) is 10.7. The topological polar surface area (TPSA) is 83.4 Å². The molecular weight excluding hydrogens is 217 g/mol. The Morgan fingerprint density at radius 3 is 2.12 bits per heavy atom. The zero-order chi connectivity index (χ0) is 12.8. The lowest BCUT2D eigenvalue weighted by Gasteiger charge is -2.32. The van der Waals surface area contributed by atoms with Gasteiger partial charge in [0.2, 0.25) is 0 Å². The van der Waals surface area contributed by atoms with Crippen LogP contribution in [0.25, 0.3) is 0 Å². The molecule has 0 bridgehead atoms. The molecule has 1 aromatic heterocycles. The lowest BCUT2D eigenvalue weighted by molar-refractivity contribution is 0.00578. The van der Waals surface area contributed by atoms with Crippen molar-refractivity contribution in [2.45, 2.75) is 38.9 Å². The van der Waals surface area contributed by atoms with E-state index in [9.17, 15) is 0 Å². The molecule has 5 nitrogen and oxygen atoms in total. The molecule has 0 unspecified atom stereocenters. The number of hydrogen-bond donors (Lipinski definition) is 2. The summed E-state index contributed by atoms with van der Waals surface area (Å²) in [6, 6.07) is 1.61. The van der Waals surface area contributed by atoms with Gasteiger partial charge in [-0.3, -0.25) is 0 Å². The summed E-state index contributed by atoms with van der Waals surface area (Å²) in [4.78, 5) is 4.02. The second kappa shape index (κ2) is 3.61. The molecule has 1 saturated heterocycles. The molecule has 92 valence electrons. The number of aromatic nitrogens is 1. The minimum absolute atomic E-state index is 0.383. The lowest BCUT2D eigenvalue weighted by Crippen LogP contribution is -2.41. The minimum atomic E-state index is -0.493. The second-order valence-electron chi connectivity index (χ2n) is 5.33. The fraction of sp³-hybridized carbons (Fsp3) is 0.545. The molecule has 2 rings (SSSR count). The number of pyridine rings is 1. The summed E-state index contributed by atoms with van der Waals surface area (Å²) in [6.45, 7) is 7.98. The highest BCUT2D eigenvalue weighted by atomic mass is 16.7. The zero-order valence-electron chi connectivity index (χ0n) is 10.7. The Kier molecular flexibility index (Phi) is 2.59. The van der Waals surface area contributed by atoms with Crippen LogP contribution in [-0.2, 0) is 9.31 Å². The second-order valence-corrected chi connectivity index (χ2v) is 5.33. The predicted octanol–water partition coefficient (Wildman–Crippen LogP) is 0.545. The molecule has 1 aromatic rings. The first-order valence-corrected chi connectivity index (χ1v) is 5.59. The van der Waals surface area contributed by atoms with Crippen LogP contribution >= 0.6 is 0 Å². The number of rotatable bonds is 1. The third kappa shape index (κ3) is 1.98. The van der Waals surface area contributed by atoms with E-state index in [0.717, 1.165) is 5.46 Å². The van der Waals surface area contributed by atoms with Crippen molar-refractivity contribution in [3.8, 4) is 0 Å². The largest absolute Gasteiger partial charge is 0.498 e. The van der Waals surface area contributed by atoms with E-state index >= 15 is 0 Å². The first kappa shape index (κ1) is 12.2. The number of nitrogens with zero attached hydrogens (tertiary/aromatic N) is 1. The predicted molar refractivity (Wildman–Crippen MR) is 68.8 cm³/mol. The highest BCUT2D eigenvalue weighted by Crippen LogP contribution is 2.36. The molecular formula is C11H18BN3O2. The summed E-state index contributed by atoms with van der Waals surface area (Å²) in [5.41, 5.74) is 11.9. The van der Waals surface area contributed by atoms with Gasteiger partial charge in [0.05, 0.1) is 11.2 Å². The van der Waals surface area contributed by atoms with E-state index < -0.39 is 7.12 Å². The quantitative estimate of drug-likeness (QED) is 0.694. The highest BCUT2D eigenvalue weighted by Gasteiger charge is 2.52. The molecule has 1 aliphatic heterocycles. The van der Waals surface area contributed by atoms with Crippen molar-refractivity contribution < 1.29 is 9.31 Å². The molecule has 0 atom stereocenters. The third-order valence-electron chi connectivity index (χ3n) is 3.50. The van der Waals surface area contributed by atoms with Gasteiger partial charge in [-0.2, -0.15) is 0 Å². The van der Waals surface area contributed by atoms with Crippen molar-refractivity contribution in [1.82, 2.24) is 4.98 Å². The van der Waals surface area contributed by atoms with Gasteiger partial charge >= 0.3 is 7.12 Å². The van der Waals surface area contributed by atoms with Gasteiger partial charge in [-0.1, -0.05) is 0 Å². The smallest absolute Gasteiger partial charge is 0.399 e. The molecule has 0 aromatic carbocycles. The molecule has 0 amide bonds. The fourth-order valence-corrected chi connectivity index (χ4v) is 1.67. The maximum atomic E-state index is 5.90. The Bertz CT molecular complexity index is 432. The van der Waals surface area contributed by atoms with Crippen LogP contribution in [0, 0.1) is 0 Å². The number of anilines is 2. The van der Waals surface area contributed by atoms with Gasteiger partial charge in [-0.25, -0.2) is 4.98 Å². The van der Waals surface area contributed by atoms with Crippen LogP contribution in [0.4, 0.5) is 11.5 Å². The molecule has 0 spiro atoms. The van der Waals surface area contributed by atoms with Crippen molar-refractivity contribution in [1.29, 1.82) is 0 Å². The van der Waals surface area contributed by atoms with Crippen molar-refractivity contribution in [3.05, 3.63) is 12.3 Å². The summed E-state index contributed by atoms with van der Waals surface area (Å²) in [5.74, 6) is 0.391. The number of nitrogens with two attached hydrogens (primary N) is 2. The first-order chi connectivity index (χ1) is 7.73. The van der Waals surface area contributed by atoms with Crippen molar-refractivity contribution in [2.75, 3.05) is 11.5 Å². The van der Waals surface area contributed by atoms with E-state index in [0.29, 0.717) is 11.5 Å². The maximum Gasteiger partial charge on any atom is 0.498 e. The van der Waals surface area contributed by atoms with Gasteiger partial charge in [0.25, 0.3) is 0 Å². The Labute approximate surface area is 102 Å². The Balaban J connectivity index is 2.32. The summed E-state index contributed by atoms with van der Waals surface area (Å²) in [7, 11) is -0.493. The molecule has 0 radical (unpaired) electrons. The summed E-state index contributed by atoms with van der Waals surface area (Å²) < 4.78 is 11.8. The fourth-order valence-electron chi connectivity index (χ4n) is 1.67. The molecule has 0 aliphatic carbocycles. The maximum absolute atomic E-state index is 5.90.